The minimum atomic E-state index is -0.103. The molecule has 1 unspecified atom stereocenters. The molecule has 3 rings (SSSR count). The van der Waals surface area contributed by atoms with Gasteiger partial charge in [-0.1, -0.05) is 33.2 Å². The van der Waals surface area contributed by atoms with E-state index in [-0.39, 0.29) is 24.4 Å². The van der Waals surface area contributed by atoms with Crippen LogP contribution in [0.5, 0.6) is 0 Å². The molecule has 7 nitrogen and oxygen atoms in total. The predicted molar refractivity (Wildman–Crippen MR) is 109 cm³/mol. The molecule has 1 aromatic heterocycles. The quantitative estimate of drug-likeness (QED) is 0.778. The van der Waals surface area contributed by atoms with Crippen LogP contribution in [0, 0.1) is 13.8 Å². The van der Waals surface area contributed by atoms with Crippen molar-refractivity contribution < 1.29 is 14.1 Å². The molecule has 0 saturated carbocycles. The van der Waals surface area contributed by atoms with E-state index in [0.717, 1.165) is 21.3 Å². The van der Waals surface area contributed by atoms with Crippen LogP contribution in [0.3, 0.4) is 0 Å². The van der Waals surface area contributed by atoms with Crippen molar-refractivity contribution in [2.24, 2.45) is 0 Å². The van der Waals surface area contributed by atoms with Crippen molar-refractivity contribution in [1.82, 2.24) is 20.3 Å². The summed E-state index contributed by atoms with van der Waals surface area (Å²) >= 11 is 3.42. The molecule has 1 atom stereocenters. The summed E-state index contributed by atoms with van der Waals surface area (Å²) in [6.07, 6.45) is 0.286. The number of nitrogens with zero attached hydrogens (tertiary/aromatic N) is 3. The van der Waals surface area contributed by atoms with Crippen molar-refractivity contribution >= 4 is 27.9 Å². The van der Waals surface area contributed by atoms with Gasteiger partial charge in [0.1, 0.15) is 5.76 Å². The van der Waals surface area contributed by atoms with Gasteiger partial charge in [0, 0.05) is 36.2 Å². The Morgan fingerprint density at radius 1 is 1.14 bits per heavy atom. The second kappa shape index (κ2) is 8.77. The molecule has 0 radical (unpaired) electrons. The number of nitrogens with one attached hydrogen (secondary N) is 1. The molecule has 8 heteroatoms. The zero-order valence-electron chi connectivity index (χ0n) is 16.4. The Balaban J connectivity index is 1.49. The summed E-state index contributed by atoms with van der Waals surface area (Å²) in [4.78, 5) is 28.7. The Hall–Kier alpha value is -2.35. The molecule has 0 aliphatic carbocycles. The summed E-state index contributed by atoms with van der Waals surface area (Å²) in [5.41, 5.74) is 2.66. The molecule has 28 heavy (non-hydrogen) atoms. The van der Waals surface area contributed by atoms with Crippen LogP contribution >= 0.6 is 15.9 Å². The number of urea groups is 1. The van der Waals surface area contributed by atoms with Gasteiger partial charge in [-0.15, -0.1) is 0 Å². The molecular formula is C20H25BrN4O3. The van der Waals surface area contributed by atoms with Gasteiger partial charge in [0.05, 0.1) is 18.2 Å². The van der Waals surface area contributed by atoms with Crippen LogP contribution in [0.25, 0.3) is 0 Å². The molecule has 1 fully saturated rings. The van der Waals surface area contributed by atoms with E-state index in [1.165, 1.54) is 0 Å². The van der Waals surface area contributed by atoms with Crippen molar-refractivity contribution in [1.29, 1.82) is 0 Å². The van der Waals surface area contributed by atoms with Gasteiger partial charge in [0.25, 0.3) is 0 Å². The topological polar surface area (TPSA) is 78.7 Å². The molecule has 3 amide bonds. The zero-order chi connectivity index (χ0) is 20.3. The molecular weight excluding hydrogens is 424 g/mol. The second-order valence-corrected chi connectivity index (χ2v) is 7.99. The first-order valence-corrected chi connectivity index (χ1v) is 10.1. The number of hydrogen-bond acceptors (Lipinski definition) is 4. The third kappa shape index (κ3) is 4.73. The molecule has 1 aliphatic heterocycles. The molecule has 2 heterocycles. The number of piperazine rings is 1. The number of aromatic nitrogens is 1. The van der Waals surface area contributed by atoms with Crippen LogP contribution in [-0.4, -0.2) is 53.1 Å². The van der Waals surface area contributed by atoms with Gasteiger partial charge < -0.3 is 19.6 Å². The van der Waals surface area contributed by atoms with E-state index in [1.54, 1.807) is 9.80 Å². The molecule has 1 saturated heterocycles. The highest BCUT2D eigenvalue weighted by Gasteiger charge is 2.26. The van der Waals surface area contributed by atoms with Gasteiger partial charge >= 0.3 is 6.03 Å². The number of carbonyl (C=O) groups is 2. The first kappa shape index (κ1) is 20.4. The number of aryl methyl sites for hydroxylation is 2. The predicted octanol–water partition coefficient (Wildman–Crippen LogP) is 3.21. The van der Waals surface area contributed by atoms with Gasteiger partial charge in [-0.05, 0) is 38.5 Å². The maximum atomic E-state index is 12.6. The zero-order valence-corrected chi connectivity index (χ0v) is 18.0. The number of benzene rings is 1. The normalized spacial score (nSPS) is 15.4. The molecule has 0 bridgehead atoms. The minimum Gasteiger partial charge on any atom is -0.361 e. The lowest BCUT2D eigenvalue weighted by Gasteiger charge is -2.35. The number of carbonyl (C=O) groups excluding carboxylic acids is 2. The molecule has 1 aliphatic rings. The maximum Gasteiger partial charge on any atom is 0.317 e. The third-order valence-electron chi connectivity index (χ3n) is 5.14. The lowest BCUT2D eigenvalue weighted by molar-refractivity contribution is -0.131. The van der Waals surface area contributed by atoms with Crippen molar-refractivity contribution in [3.63, 3.8) is 0 Å². The smallest absolute Gasteiger partial charge is 0.317 e. The Morgan fingerprint density at radius 2 is 1.75 bits per heavy atom. The van der Waals surface area contributed by atoms with Crippen LogP contribution in [0.4, 0.5) is 4.79 Å². The van der Waals surface area contributed by atoms with Gasteiger partial charge in [0.2, 0.25) is 5.91 Å². The van der Waals surface area contributed by atoms with Crippen LogP contribution in [0.1, 0.15) is 35.5 Å². The summed E-state index contributed by atoms with van der Waals surface area (Å²) in [7, 11) is 0. The van der Waals surface area contributed by atoms with Crippen molar-refractivity contribution in [3.05, 3.63) is 51.3 Å². The number of hydrogen-bond donors (Lipinski definition) is 1. The van der Waals surface area contributed by atoms with Crippen molar-refractivity contribution in [2.75, 3.05) is 26.2 Å². The summed E-state index contributed by atoms with van der Waals surface area (Å²) in [6.45, 7) is 7.72. The van der Waals surface area contributed by atoms with Crippen molar-refractivity contribution in [2.45, 2.75) is 33.2 Å². The largest absolute Gasteiger partial charge is 0.361 e. The Bertz CT molecular complexity index is 822. The molecule has 0 spiro atoms. The number of amides is 3. The fraction of sp³-hybridized carbons (Fsp3) is 0.450. The lowest BCUT2D eigenvalue weighted by Crippen LogP contribution is -2.53. The van der Waals surface area contributed by atoms with E-state index in [9.17, 15) is 9.59 Å². The summed E-state index contributed by atoms with van der Waals surface area (Å²) in [6, 6.07) is 7.71. The highest BCUT2D eigenvalue weighted by Crippen LogP contribution is 2.18. The molecule has 150 valence electrons. The SMILES string of the molecule is Cc1noc(C)c1CC(=O)N1CCN(C(=O)NC(C)c2ccc(Br)cc2)CC1. The van der Waals surface area contributed by atoms with Crippen LogP contribution in [0.15, 0.2) is 33.3 Å². The third-order valence-corrected chi connectivity index (χ3v) is 5.67. The minimum absolute atomic E-state index is 0.0395. The van der Waals surface area contributed by atoms with Gasteiger partial charge in [-0.3, -0.25) is 4.79 Å². The van der Waals surface area contributed by atoms with Gasteiger partial charge in [0.15, 0.2) is 0 Å². The summed E-state index contributed by atoms with van der Waals surface area (Å²) in [5.74, 6) is 0.725. The van der Waals surface area contributed by atoms with E-state index in [2.05, 4.69) is 26.4 Å². The van der Waals surface area contributed by atoms with Gasteiger partial charge in [-0.25, -0.2) is 4.79 Å². The molecule has 1 aromatic carbocycles. The van der Waals surface area contributed by atoms with E-state index in [4.69, 9.17) is 4.52 Å². The van der Waals surface area contributed by atoms with E-state index >= 15 is 0 Å². The fourth-order valence-corrected chi connectivity index (χ4v) is 3.55. The summed E-state index contributed by atoms with van der Waals surface area (Å²) < 4.78 is 6.13. The standard InChI is InChI=1S/C20H25BrN4O3/c1-13(16-4-6-17(21)7-5-16)22-20(27)25-10-8-24(9-11-25)19(26)12-18-14(2)23-28-15(18)3/h4-7,13H,8-12H2,1-3H3,(H,22,27). The monoisotopic (exact) mass is 448 g/mol. The van der Waals surface area contributed by atoms with Crippen LogP contribution in [-0.2, 0) is 11.2 Å². The maximum absolute atomic E-state index is 12.6. The van der Waals surface area contributed by atoms with Gasteiger partial charge in [-0.2, -0.15) is 0 Å². The highest BCUT2D eigenvalue weighted by atomic mass is 79.9. The highest BCUT2D eigenvalue weighted by molar-refractivity contribution is 9.10. The van der Waals surface area contributed by atoms with E-state index in [1.807, 2.05) is 45.0 Å². The second-order valence-electron chi connectivity index (χ2n) is 7.07. The Labute approximate surface area is 173 Å². The first-order valence-electron chi connectivity index (χ1n) is 9.35. The lowest BCUT2D eigenvalue weighted by atomic mass is 10.1. The molecule has 2 aromatic rings. The first-order chi connectivity index (χ1) is 13.3. The fourth-order valence-electron chi connectivity index (χ4n) is 3.29. The van der Waals surface area contributed by atoms with E-state index in [0.29, 0.717) is 31.9 Å². The van der Waals surface area contributed by atoms with Crippen LogP contribution in [0.2, 0.25) is 0 Å². The van der Waals surface area contributed by atoms with E-state index < -0.39 is 0 Å². The Kier molecular flexibility index (Phi) is 6.39. The number of halogens is 1. The van der Waals surface area contributed by atoms with Crippen molar-refractivity contribution in [3.8, 4) is 0 Å². The molecule has 1 N–H and O–H groups in total. The average Bonchev–Trinajstić information content (AvgIpc) is 3.00. The Morgan fingerprint density at radius 3 is 2.32 bits per heavy atom. The van der Waals surface area contributed by atoms with Crippen LogP contribution < -0.4 is 5.32 Å². The number of rotatable bonds is 4. The summed E-state index contributed by atoms with van der Waals surface area (Å²) in [5, 5.41) is 6.93. The average molecular weight is 449 g/mol.